The summed E-state index contributed by atoms with van der Waals surface area (Å²) in [4.78, 5) is 39.2. The van der Waals surface area contributed by atoms with Crippen molar-refractivity contribution in [1.29, 1.82) is 0 Å². The lowest BCUT2D eigenvalue weighted by molar-refractivity contribution is -0.198. The van der Waals surface area contributed by atoms with Gasteiger partial charge < -0.3 is 14.3 Å². The Hall–Kier alpha value is -1.56. The molecule has 1 saturated heterocycles. The summed E-state index contributed by atoms with van der Waals surface area (Å²) < 4.78 is 41.1. The van der Waals surface area contributed by atoms with Gasteiger partial charge in [-0.15, -0.1) is 5.06 Å². The van der Waals surface area contributed by atoms with Crippen LogP contribution in [0.1, 0.15) is 32.6 Å². The van der Waals surface area contributed by atoms with Crippen LogP contribution in [0.5, 0.6) is 0 Å². The molecule has 1 N–H and O–H groups in total. The molecular weight excluding hydrogens is 346 g/mol. The van der Waals surface area contributed by atoms with Crippen LogP contribution in [0.15, 0.2) is 0 Å². The molecule has 1 unspecified atom stereocenters. The van der Waals surface area contributed by atoms with Gasteiger partial charge in [0.05, 0.1) is 32.7 Å². The van der Waals surface area contributed by atoms with Crippen molar-refractivity contribution in [2.24, 2.45) is 0 Å². The van der Waals surface area contributed by atoms with Gasteiger partial charge in [-0.2, -0.15) is 8.42 Å². The number of rotatable bonds is 11. The number of hydrogen-bond donors (Lipinski definition) is 1. The van der Waals surface area contributed by atoms with Crippen LogP contribution < -0.4 is 0 Å². The van der Waals surface area contributed by atoms with E-state index in [1.807, 2.05) is 6.92 Å². The average molecular weight is 367 g/mol. The van der Waals surface area contributed by atoms with E-state index in [1.54, 1.807) is 0 Å². The highest BCUT2D eigenvalue weighted by Gasteiger charge is 2.48. The standard InChI is InChI=1S/C13H21NO9S/c1-2-3-5-21-7-8-22-6-4-12(16)23-14-11(15)9-10(13(14)17)24(18,19)20/h10H,2-9H2,1H3,(H,18,19,20). The molecule has 0 aliphatic carbocycles. The quantitative estimate of drug-likeness (QED) is 0.296. The Morgan fingerprint density at radius 2 is 1.83 bits per heavy atom. The van der Waals surface area contributed by atoms with Crippen molar-refractivity contribution in [3.63, 3.8) is 0 Å². The van der Waals surface area contributed by atoms with Crippen LogP contribution in [-0.4, -0.2) is 67.5 Å². The Morgan fingerprint density at radius 3 is 2.38 bits per heavy atom. The van der Waals surface area contributed by atoms with Gasteiger partial charge in [0.2, 0.25) is 0 Å². The van der Waals surface area contributed by atoms with Gasteiger partial charge in [-0.1, -0.05) is 13.3 Å². The lowest BCUT2D eigenvalue weighted by Gasteiger charge is -2.13. The van der Waals surface area contributed by atoms with Gasteiger partial charge in [0, 0.05) is 6.61 Å². The van der Waals surface area contributed by atoms with E-state index in [4.69, 9.17) is 14.0 Å². The number of ether oxygens (including phenoxy) is 2. The van der Waals surface area contributed by atoms with E-state index in [0.29, 0.717) is 13.2 Å². The van der Waals surface area contributed by atoms with Crippen molar-refractivity contribution >= 4 is 27.9 Å². The van der Waals surface area contributed by atoms with Crippen LogP contribution >= 0.6 is 0 Å². The number of amides is 2. The minimum atomic E-state index is -4.73. The second-order valence-corrected chi connectivity index (χ2v) is 6.62. The normalized spacial score (nSPS) is 18.2. The summed E-state index contributed by atoms with van der Waals surface area (Å²) in [5.74, 6) is -3.23. The van der Waals surface area contributed by atoms with Crippen molar-refractivity contribution in [3.05, 3.63) is 0 Å². The molecular formula is C13H21NO9S. The lowest BCUT2D eigenvalue weighted by Crippen LogP contribution is -2.36. The molecule has 2 amide bonds. The Bertz CT molecular complexity index is 560. The third kappa shape index (κ3) is 6.51. The molecule has 1 aliphatic heterocycles. The molecule has 0 aromatic heterocycles. The SMILES string of the molecule is CCCCOCCOCCC(=O)ON1C(=O)CC(S(=O)(=O)O)C1=O. The van der Waals surface area contributed by atoms with Crippen molar-refractivity contribution in [2.75, 3.05) is 26.4 Å². The number of unbranched alkanes of at least 4 members (excludes halogenated alkanes) is 1. The van der Waals surface area contributed by atoms with E-state index >= 15 is 0 Å². The maximum atomic E-state index is 11.6. The first-order valence-corrected chi connectivity index (χ1v) is 8.97. The Labute approximate surface area is 139 Å². The molecule has 24 heavy (non-hydrogen) atoms. The molecule has 1 rings (SSSR count). The molecule has 0 saturated carbocycles. The maximum absolute atomic E-state index is 11.6. The van der Waals surface area contributed by atoms with E-state index in [-0.39, 0.29) is 24.7 Å². The fourth-order valence-corrected chi connectivity index (χ4v) is 2.49. The van der Waals surface area contributed by atoms with Gasteiger partial charge in [-0.25, -0.2) is 4.79 Å². The Kier molecular flexibility index (Phi) is 8.25. The van der Waals surface area contributed by atoms with E-state index < -0.39 is 39.6 Å². The van der Waals surface area contributed by atoms with Crippen molar-refractivity contribution < 1.29 is 41.7 Å². The van der Waals surface area contributed by atoms with Crippen LogP contribution in [0.4, 0.5) is 0 Å². The van der Waals surface area contributed by atoms with Crippen LogP contribution in [-0.2, 0) is 38.8 Å². The minimum absolute atomic E-state index is 0.00603. The summed E-state index contributed by atoms with van der Waals surface area (Å²) in [7, 11) is -4.73. The smallest absolute Gasteiger partial charge is 0.335 e. The summed E-state index contributed by atoms with van der Waals surface area (Å²) >= 11 is 0. The number of hydroxylamine groups is 2. The first kappa shape index (κ1) is 20.5. The molecule has 138 valence electrons. The molecule has 0 aromatic rings. The van der Waals surface area contributed by atoms with Gasteiger partial charge in [-0.05, 0) is 6.42 Å². The first-order chi connectivity index (χ1) is 11.3. The molecule has 0 radical (unpaired) electrons. The second-order valence-electron chi connectivity index (χ2n) is 5.03. The van der Waals surface area contributed by atoms with Crippen LogP contribution in [0.2, 0.25) is 0 Å². The number of hydrogen-bond acceptors (Lipinski definition) is 8. The van der Waals surface area contributed by atoms with E-state index in [9.17, 15) is 22.8 Å². The van der Waals surface area contributed by atoms with Gasteiger partial charge in [-0.3, -0.25) is 14.1 Å². The molecule has 1 atom stereocenters. The molecule has 1 heterocycles. The van der Waals surface area contributed by atoms with Crippen molar-refractivity contribution in [1.82, 2.24) is 5.06 Å². The van der Waals surface area contributed by atoms with Crippen molar-refractivity contribution in [2.45, 2.75) is 37.9 Å². The molecule has 0 spiro atoms. The maximum Gasteiger partial charge on any atom is 0.335 e. The summed E-state index contributed by atoms with van der Waals surface area (Å²) in [6.45, 7) is 3.33. The monoisotopic (exact) mass is 367 g/mol. The predicted molar refractivity (Wildman–Crippen MR) is 79.1 cm³/mol. The zero-order valence-electron chi connectivity index (χ0n) is 13.3. The molecule has 1 aliphatic rings. The second kappa shape index (κ2) is 9.67. The van der Waals surface area contributed by atoms with Crippen LogP contribution in [0.3, 0.4) is 0 Å². The summed E-state index contributed by atoms with van der Waals surface area (Å²) in [6, 6.07) is 0. The largest absolute Gasteiger partial charge is 0.379 e. The molecule has 10 nitrogen and oxygen atoms in total. The Morgan fingerprint density at radius 1 is 1.21 bits per heavy atom. The van der Waals surface area contributed by atoms with Crippen LogP contribution in [0, 0.1) is 0 Å². The fourth-order valence-electron chi connectivity index (χ4n) is 1.78. The average Bonchev–Trinajstić information content (AvgIpc) is 2.78. The molecule has 0 aromatic carbocycles. The highest BCUT2D eigenvalue weighted by atomic mass is 32.2. The highest BCUT2D eigenvalue weighted by molar-refractivity contribution is 7.87. The van der Waals surface area contributed by atoms with Gasteiger partial charge in [0.15, 0.2) is 5.25 Å². The fraction of sp³-hybridized carbons (Fsp3) is 0.769. The van der Waals surface area contributed by atoms with E-state index in [1.165, 1.54) is 0 Å². The highest BCUT2D eigenvalue weighted by Crippen LogP contribution is 2.19. The first-order valence-electron chi connectivity index (χ1n) is 7.46. The third-order valence-corrected chi connectivity index (χ3v) is 4.17. The predicted octanol–water partition coefficient (Wildman–Crippen LogP) is -0.317. The van der Waals surface area contributed by atoms with Crippen LogP contribution in [0.25, 0.3) is 0 Å². The molecule has 1 fully saturated rings. The lowest BCUT2D eigenvalue weighted by atomic mass is 10.4. The summed E-state index contributed by atoms with van der Waals surface area (Å²) in [6.07, 6.45) is 0.979. The topological polar surface area (TPSA) is 137 Å². The Balaban J connectivity index is 2.26. The zero-order chi connectivity index (χ0) is 18.2. The number of carbonyl (C=O) groups excluding carboxylic acids is 3. The van der Waals surface area contributed by atoms with Gasteiger partial charge in [0.1, 0.15) is 0 Å². The summed E-state index contributed by atoms with van der Waals surface area (Å²) in [5, 5.41) is -1.87. The zero-order valence-corrected chi connectivity index (χ0v) is 14.1. The van der Waals surface area contributed by atoms with Crippen molar-refractivity contribution in [3.8, 4) is 0 Å². The van der Waals surface area contributed by atoms with Gasteiger partial charge >= 0.3 is 5.97 Å². The van der Waals surface area contributed by atoms with E-state index in [2.05, 4.69) is 4.84 Å². The number of nitrogens with zero attached hydrogens (tertiary/aromatic N) is 1. The molecule has 0 bridgehead atoms. The molecule has 11 heteroatoms. The number of imide groups is 1. The third-order valence-electron chi connectivity index (χ3n) is 3.08. The number of carbonyl (C=O) groups is 3. The summed E-state index contributed by atoms with van der Waals surface area (Å²) in [5.41, 5.74) is 0. The van der Waals surface area contributed by atoms with E-state index in [0.717, 1.165) is 12.8 Å². The minimum Gasteiger partial charge on any atom is -0.379 e. The van der Waals surface area contributed by atoms with Gasteiger partial charge in [0.25, 0.3) is 21.9 Å².